The predicted molar refractivity (Wildman–Crippen MR) is 116 cm³/mol. The minimum absolute atomic E-state index is 0.160. The molecule has 4 rings (SSSR count). The average Bonchev–Trinajstić information content (AvgIpc) is 3.19. The van der Waals surface area contributed by atoms with E-state index in [0.29, 0.717) is 16.4 Å². The van der Waals surface area contributed by atoms with Gasteiger partial charge in [0.25, 0.3) is 0 Å². The molecule has 1 aliphatic heterocycles. The number of hydrogen-bond acceptors (Lipinski definition) is 5. The van der Waals surface area contributed by atoms with E-state index >= 15 is 0 Å². The van der Waals surface area contributed by atoms with Gasteiger partial charge in [-0.05, 0) is 30.3 Å². The van der Waals surface area contributed by atoms with Crippen molar-refractivity contribution in [3.8, 4) is 11.3 Å². The second-order valence-electron chi connectivity index (χ2n) is 6.93. The lowest BCUT2D eigenvalue weighted by Crippen LogP contribution is -2.48. The number of carbonyl (C=O) groups is 1. The lowest BCUT2D eigenvalue weighted by Gasteiger charge is -2.36. The number of carbonyl (C=O) groups excluding carboxylic acids is 1. The molecule has 0 saturated carbocycles. The third-order valence-electron chi connectivity index (χ3n) is 4.90. The lowest BCUT2D eigenvalue weighted by atomic mass is 10.2. The van der Waals surface area contributed by atoms with Crippen LogP contribution in [0, 0.1) is 11.6 Å². The Bertz CT molecular complexity index is 1050. The molecule has 0 bridgehead atoms. The second-order valence-corrected chi connectivity index (χ2v) is 8.19. The molecule has 9 heteroatoms. The van der Waals surface area contributed by atoms with E-state index in [9.17, 15) is 13.6 Å². The van der Waals surface area contributed by atoms with Gasteiger partial charge in [0.15, 0.2) is 16.8 Å². The molecule has 1 N–H and O–H groups in total. The first-order chi connectivity index (χ1) is 14.5. The Labute approximate surface area is 181 Å². The molecule has 1 aliphatic rings. The van der Waals surface area contributed by atoms with Crippen LogP contribution in [0.5, 0.6) is 0 Å². The number of rotatable bonds is 5. The highest BCUT2D eigenvalue weighted by molar-refractivity contribution is 7.14. The first kappa shape index (κ1) is 20.7. The van der Waals surface area contributed by atoms with Crippen LogP contribution >= 0.6 is 22.9 Å². The van der Waals surface area contributed by atoms with Crippen LogP contribution in [-0.4, -0.2) is 48.5 Å². The van der Waals surface area contributed by atoms with Crippen LogP contribution in [0.15, 0.2) is 47.8 Å². The monoisotopic (exact) mass is 448 g/mol. The Morgan fingerprint density at radius 2 is 1.87 bits per heavy atom. The van der Waals surface area contributed by atoms with E-state index in [2.05, 4.69) is 20.1 Å². The van der Waals surface area contributed by atoms with Gasteiger partial charge in [-0.15, -0.1) is 11.3 Å². The van der Waals surface area contributed by atoms with Gasteiger partial charge < -0.3 is 10.2 Å². The van der Waals surface area contributed by atoms with Gasteiger partial charge in [-0.1, -0.05) is 23.7 Å². The molecule has 30 heavy (non-hydrogen) atoms. The summed E-state index contributed by atoms with van der Waals surface area (Å²) in [6.07, 6.45) is 0. The maximum absolute atomic E-state index is 13.4. The quantitative estimate of drug-likeness (QED) is 0.624. The Balaban J connectivity index is 1.30. The fourth-order valence-electron chi connectivity index (χ4n) is 3.34. The standard InChI is InChI=1S/C21H19ClF2N4OS/c22-15-3-1-2-4-19(15)28-9-7-27(8-10-28)12-20(29)26-21-25-18(13-30-21)14-5-6-16(23)17(24)11-14/h1-6,11,13H,7-10,12H2,(H,25,26,29). The summed E-state index contributed by atoms with van der Waals surface area (Å²) >= 11 is 7.51. The van der Waals surface area contributed by atoms with E-state index in [1.165, 1.54) is 17.4 Å². The molecule has 0 unspecified atom stereocenters. The highest BCUT2D eigenvalue weighted by atomic mass is 35.5. The van der Waals surface area contributed by atoms with Crippen molar-refractivity contribution < 1.29 is 13.6 Å². The van der Waals surface area contributed by atoms with Crippen molar-refractivity contribution in [2.45, 2.75) is 0 Å². The van der Waals surface area contributed by atoms with Crippen molar-refractivity contribution in [3.05, 3.63) is 64.5 Å². The van der Waals surface area contributed by atoms with Gasteiger partial charge in [-0.25, -0.2) is 13.8 Å². The summed E-state index contributed by atoms with van der Waals surface area (Å²) in [4.78, 5) is 21.0. The summed E-state index contributed by atoms with van der Waals surface area (Å²) in [5.74, 6) is -1.99. The van der Waals surface area contributed by atoms with E-state index in [1.807, 2.05) is 24.3 Å². The molecule has 3 aromatic rings. The molecule has 0 atom stereocenters. The van der Waals surface area contributed by atoms with Gasteiger partial charge in [-0.2, -0.15) is 0 Å². The largest absolute Gasteiger partial charge is 0.368 e. The van der Waals surface area contributed by atoms with Gasteiger partial charge >= 0.3 is 0 Å². The molecule has 156 valence electrons. The summed E-state index contributed by atoms with van der Waals surface area (Å²) in [5.41, 5.74) is 1.96. The summed E-state index contributed by atoms with van der Waals surface area (Å²) in [7, 11) is 0. The number of aromatic nitrogens is 1. The zero-order valence-corrected chi connectivity index (χ0v) is 17.5. The van der Waals surface area contributed by atoms with Crippen LogP contribution in [0.25, 0.3) is 11.3 Å². The summed E-state index contributed by atoms with van der Waals surface area (Å²) in [6.45, 7) is 3.33. The van der Waals surface area contributed by atoms with Crippen molar-refractivity contribution in [2.24, 2.45) is 0 Å². The van der Waals surface area contributed by atoms with Gasteiger partial charge in [0.2, 0.25) is 5.91 Å². The number of amides is 1. The average molecular weight is 449 g/mol. The van der Waals surface area contributed by atoms with Crippen LogP contribution in [0.4, 0.5) is 19.6 Å². The molecule has 1 amide bonds. The lowest BCUT2D eigenvalue weighted by molar-refractivity contribution is -0.117. The van der Waals surface area contributed by atoms with E-state index in [0.717, 1.165) is 49.0 Å². The number of para-hydroxylation sites is 1. The second kappa shape index (κ2) is 9.07. The fraction of sp³-hybridized carbons (Fsp3) is 0.238. The van der Waals surface area contributed by atoms with Crippen molar-refractivity contribution in [1.82, 2.24) is 9.88 Å². The number of nitrogens with one attached hydrogen (secondary N) is 1. The van der Waals surface area contributed by atoms with E-state index in [-0.39, 0.29) is 12.5 Å². The minimum Gasteiger partial charge on any atom is -0.368 e. The Kier molecular flexibility index (Phi) is 6.26. The Morgan fingerprint density at radius 3 is 2.60 bits per heavy atom. The minimum atomic E-state index is -0.929. The SMILES string of the molecule is O=C(CN1CCN(c2ccccc2Cl)CC1)Nc1nc(-c2ccc(F)c(F)c2)cs1. The first-order valence-electron chi connectivity index (χ1n) is 9.42. The molecule has 2 heterocycles. The highest BCUT2D eigenvalue weighted by Crippen LogP contribution is 2.27. The molecule has 1 fully saturated rings. The van der Waals surface area contributed by atoms with E-state index in [4.69, 9.17) is 11.6 Å². The molecule has 0 spiro atoms. The number of nitrogens with zero attached hydrogens (tertiary/aromatic N) is 3. The van der Waals surface area contributed by atoms with Gasteiger partial charge in [0.1, 0.15) is 0 Å². The number of halogens is 3. The summed E-state index contributed by atoms with van der Waals surface area (Å²) in [5, 5.41) is 5.63. The normalized spacial score (nSPS) is 14.7. The van der Waals surface area contributed by atoms with Gasteiger partial charge in [0.05, 0.1) is 22.9 Å². The molecule has 1 saturated heterocycles. The van der Waals surface area contributed by atoms with E-state index in [1.54, 1.807) is 5.38 Å². The number of hydrogen-bond donors (Lipinski definition) is 1. The molecular formula is C21H19ClF2N4OS. The third kappa shape index (κ3) is 4.77. The first-order valence-corrected chi connectivity index (χ1v) is 10.7. The molecule has 0 aliphatic carbocycles. The van der Waals surface area contributed by atoms with Crippen LogP contribution < -0.4 is 10.2 Å². The smallest absolute Gasteiger partial charge is 0.240 e. The Morgan fingerprint density at radius 1 is 1.10 bits per heavy atom. The number of anilines is 2. The zero-order chi connectivity index (χ0) is 21.1. The number of benzene rings is 2. The predicted octanol–water partition coefficient (Wildman–Crippen LogP) is 4.50. The van der Waals surface area contributed by atoms with Gasteiger partial charge in [-0.3, -0.25) is 9.69 Å². The van der Waals surface area contributed by atoms with Crippen molar-refractivity contribution >= 4 is 39.7 Å². The number of thiazole rings is 1. The maximum Gasteiger partial charge on any atom is 0.240 e. The van der Waals surface area contributed by atoms with Crippen molar-refractivity contribution in [2.75, 3.05) is 42.9 Å². The van der Waals surface area contributed by atoms with Crippen molar-refractivity contribution in [3.63, 3.8) is 0 Å². The molecular weight excluding hydrogens is 430 g/mol. The molecule has 1 aromatic heterocycles. The van der Waals surface area contributed by atoms with Crippen LogP contribution in [0.1, 0.15) is 0 Å². The van der Waals surface area contributed by atoms with Crippen LogP contribution in [0.2, 0.25) is 5.02 Å². The van der Waals surface area contributed by atoms with Crippen molar-refractivity contribution in [1.29, 1.82) is 0 Å². The van der Waals surface area contributed by atoms with Gasteiger partial charge in [0, 0.05) is 37.1 Å². The fourth-order valence-corrected chi connectivity index (χ4v) is 4.33. The third-order valence-corrected chi connectivity index (χ3v) is 5.98. The zero-order valence-electron chi connectivity index (χ0n) is 15.9. The summed E-state index contributed by atoms with van der Waals surface area (Å²) < 4.78 is 26.5. The maximum atomic E-state index is 13.4. The van der Waals surface area contributed by atoms with Crippen LogP contribution in [0.3, 0.4) is 0 Å². The molecule has 5 nitrogen and oxygen atoms in total. The number of piperazine rings is 1. The topological polar surface area (TPSA) is 48.5 Å². The Hall–Kier alpha value is -2.55. The molecule has 0 radical (unpaired) electrons. The van der Waals surface area contributed by atoms with Crippen LogP contribution in [-0.2, 0) is 4.79 Å². The molecule has 2 aromatic carbocycles. The summed E-state index contributed by atoms with van der Waals surface area (Å²) in [6, 6.07) is 11.3. The highest BCUT2D eigenvalue weighted by Gasteiger charge is 2.21. The van der Waals surface area contributed by atoms with E-state index < -0.39 is 11.6 Å².